The maximum absolute atomic E-state index is 12.0. The highest BCUT2D eigenvalue weighted by molar-refractivity contribution is 5.92. The highest BCUT2D eigenvalue weighted by Crippen LogP contribution is 2.23. The first-order valence-electron chi connectivity index (χ1n) is 6.52. The van der Waals surface area contributed by atoms with Crippen molar-refractivity contribution in [3.05, 3.63) is 35.9 Å². The van der Waals surface area contributed by atoms with Crippen LogP contribution in [0.15, 0.2) is 30.3 Å². The Morgan fingerprint density at radius 2 is 1.95 bits per heavy atom. The lowest BCUT2D eigenvalue weighted by Crippen LogP contribution is -2.28. The number of anilines is 1. The predicted molar refractivity (Wildman–Crippen MR) is 76.8 cm³/mol. The summed E-state index contributed by atoms with van der Waals surface area (Å²) in [5.41, 5.74) is 7.14. The summed E-state index contributed by atoms with van der Waals surface area (Å²) in [5.74, 6) is -1.47. The van der Waals surface area contributed by atoms with Gasteiger partial charge in [0.2, 0.25) is 5.91 Å². The molecular weight excluding hydrogens is 256 g/mol. The Hall–Kier alpha value is -2.30. The van der Waals surface area contributed by atoms with Crippen LogP contribution in [-0.4, -0.2) is 35.0 Å². The van der Waals surface area contributed by atoms with E-state index in [1.54, 1.807) is 23.1 Å². The number of aliphatic carboxylic acids is 1. The molecule has 1 heterocycles. The SMILES string of the molecule is CC1CN(C(=O)/C=C/c2ccc(N)cc2)CC1C(=O)O. The standard InChI is InChI=1S/C15H18N2O3/c1-10-8-17(9-13(10)15(19)20)14(18)7-4-11-2-5-12(16)6-3-11/h2-7,10,13H,8-9,16H2,1H3,(H,19,20)/b7-4+. The van der Waals surface area contributed by atoms with E-state index in [0.29, 0.717) is 12.2 Å². The molecule has 1 amide bonds. The summed E-state index contributed by atoms with van der Waals surface area (Å²) in [6.45, 7) is 2.62. The maximum Gasteiger partial charge on any atom is 0.308 e. The van der Waals surface area contributed by atoms with Gasteiger partial charge in [0.15, 0.2) is 0 Å². The van der Waals surface area contributed by atoms with Crippen molar-refractivity contribution in [3.63, 3.8) is 0 Å². The second-order valence-electron chi connectivity index (χ2n) is 5.17. The van der Waals surface area contributed by atoms with E-state index >= 15 is 0 Å². The predicted octanol–water partition coefficient (Wildman–Crippen LogP) is 1.46. The molecule has 1 fully saturated rings. The van der Waals surface area contributed by atoms with Crippen LogP contribution in [0.4, 0.5) is 5.69 Å². The van der Waals surface area contributed by atoms with Crippen LogP contribution >= 0.6 is 0 Å². The Bertz CT molecular complexity index is 537. The van der Waals surface area contributed by atoms with Crippen LogP contribution in [0.2, 0.25) is 0 Å². The normalized spacial score (nSPS) is 22.4. The zero-order valence-electron chi connectivity index (χ0n) is 11.3. The number of nitrogens with zero attached hydrogens (tertiary/aromatic N) is 1. The molecule has 1 aromatic rings. The second kappa shape index (κ2) is 5.77. The number of amides is 1. The van der Waals surface area contributed by atoms with Gasteiger partial charge in [-0.2, -0.15) is 0 Å². The van der Waals surface area contributed by atoms with Crippen molar-refractivity contribution >= 4 is 23.6 Å². The van der Waals surface area contributed by atoms with E-state index in [4.69, 9.17) is 10.8 Å². The van der Waals surface area contributed by atoms with Gasteiger partial charge in [-0.15, -0.1) is 0 Å². The van der Waals surface area contributed by atoms with Gasteiger partial charge in [0.1, 0.15) is 0 Å². The molecule has 5 heteroatoms. The Kier molecular flexibility index (Phi) is 4.08. The van der Waals surface area contributed by atoms with E-state index in [-0.39, 0.29) is 18.4 Å². The molecule has 20 heavy (non-hydrogen) atoms. The lowest BCUT2D eigenvalue weighted by molar-refractivity contribution is -0.142. The topological polar surface area (TPSA) is 83.6 Å². The van der Waals surface area contributed by atoms with Crippen LogP contribution in [0.3, 0.4) is 0 Å². The number of rotatable bonds is 3. The fourth-order valence-electron chi connectivity index (χ4n) is 2.35. The Balaban J connectivity index is 1.99. The molecule has 2 atom stereocenters. The van der Waals surface area contributed by atoms with Crippen LogP contribution in [0.25, 0.3) is 6.08 Å². The number of nitrogen functional groups attached to an aromatic ring is 1. The molecule has 1 aliphatic rings. The summed E-state index contributed by atoms with van der Waals surface area (Å²) < 4.78 is 0. The maximum atomic E-state index is 12.0. The average molecular weight is 274 g/mol. The highest BCUT2D eigenvalue weighted by atomic mass is 16.4. The van der Waals surface area contributed by atoms with Gasteiger partial charge >= 0.3 is 5.97 Å². The molecule has 0 spiro atoms. The number of hydrogen-bond donors (Lipinski definition) is 2. The van der Waals surface area contributed by atoms with Crippen molar-refractivity contribution in [2.24, 2.45) is 11.8 Å². The second-order valence-corrected chi connectivity index (χ2v) is 5.17. The summed E-state index contributed by atoms with van der Waals surface area (Å²) in [6, 6.07) is 7.18. The van der Waals surface area contributed by atoms with Gasteiger partial charge in [0.05, 0.1) is 5.92 Å². The van der Waals surface area contributed by atoms with E-state index in [2.05, 4.69) is 0 Å². The molecule has 2 unspecified atom stereocenters. The molecule has 0 radical (unpaired) electrons. The molecule has 1 aromatic carbocycles. The number of carboxylic acid groups (broad SMARTS) is 1. The molecule has 5 nitrogen and oxygen atoms in total. The summed E-state index contributed by atoms with van der Waals surface area (Å²) in [7, 11) is 0. The number of carbonyl (C=O) groups is 2. The van der Waals surface area contributed by atoms with Crippen molar-refractivity contribution in [2.45, 2.75) is 6.92 Å². The number of hydrogen-bond acceptors (Lipinski definition) is 3. The third-order valence-electron chi connectivity index (χ3n) is 3.60. The molecule has 2 rings (SSSR count). The van der Waals surface area contributed by atoms with Gasteiger partial charge in [0, 0.05) is 24.9 Å². The minimum atomic E-state index is -0.838. The van der Waals surface area contributed by atoms with Crippen LogP contribution in [0.5, 0.6) is 0 Å². The fourth-order valence-corrected chi connectivity index (χ4v) is 2.35. The van der Waals surface area contributed by atoms with Crippen molar-refractivity contribution in [2.75, 3.05) is 18.8 Å². The molecule has 0 aromatic heterocycles. The number of likely N-dealkylation sites (tertiary alicyclic amines) is 1. The van der Waals surface area contributed by atoms with Crippen molar-refractivity contribution < 1.29 is 14.7 Å². The first kappa shape index (κ1) is 14.1. The van der Waals surface area contributed by atoms with Gasteiger partial charge in [-0.1, -0.05) is 19.1 Å². The van der Waals surface area contributed by atoms with Crippen molar-refractivity contribution in [1.29, 1.82) is 0 Å². The molecular formula is C15H18N2O3. The highest BCUT2D eigenvalue weighted by Gasteiger charge is 2.36. The summed E-state index contributed by atoms with van der Waals surface area (Å²) in [5, 5.41) is 9.05. The number of nitrogens with two attached hydrogens (primary N) is 1. The molecule has 3 N–H and O–H groups in total. The lowest BCUT2D eigenvalue weighted by Gasteiger charge is -2.12. The Morgan fingerprint density at radius 3 is 2.50 bits per heavy atom. The lowest BCUT2D eigenvalue weighted by atomic mass is 9.99. The quantitative estimate of drug-likeness (QED) is 0.645. The third-order valence-corrected chi connectivity index (χ3v) is 3.60. The van der Waals surface area contributed by atoms with Crippen LogP contribution in [0.1, 0.15) is 12.5 Å². The molecule has 0 saturated carbocycles. The molecule has 1 aliphatic heterocycles. The number of benzene rings is 1. The van der Waals surface area contributed by atoms with Gasteiger partial charge in [0.25, 0.3) is 0 Å². The Morgan fingerprint density at radius 1 is 1.30 bits per heavy atom. The van der Waals surface area contributed by atoms with E-state index in [9.17, 15) is 9.59 Å². The van der Waals surface area contributed by atoms with Gasteiger partial charge in [-0.3, -0.25) is 9.59 Å². The van der Waals surface area contributed by atoms with Crippen molar-refractivity contribution in [1.82, 2.24) is 4.90 Å². The fraction of sp³-hybridized carbons (Fsp3) is 0.333. The smallest absolute Gasteiger partial charge is 0.308 e. The van der Waals surface area contributed by atoms with Gasteiger partial charge in [-0.25, -0.2) is 0 Å². The summed E-state index contributed by atoms with van der Waals surface area (Å²) in [6.07, 6.45) is 3.18. The van der Waals surface area contributed by atoms with Gasteiger partial charge < -0.3 is 15.7 Å². The van der Waals surface area contributed by atoms with Gasteiger partial charge in [-0.05, 0) is 29.7 Å². The summed E-state index contributed by atoms with van der Waals surface area (Å²) in [4.78, 5) is 24.6. The number of carboxylic acids is 1. The zero-order chi connectivity index (χ0) is 14.7. The molecule has 0 bridgehead atoms. The first-order chi connectivity index (χ1) is 9.47. The van der Waals surface area contributed by atoms with E-state index < -0.39 is 11.9 Å². The largest absolute Gasteiger partial charge is 0.481 e. The Labute approximate surface area is 117 Å². The molecule has 0 aliphatic carbocycles. The minimum Gasteiger partial charge on any atom is -0.481 e. The average Bonchev–Trinajstić information content (AvgIpc) is 2.80. The van der Waals surface area contributed by atoms with E-state index in [1.165, 1.54) is 6.08 Å². The minimum absolute atomic E-state index is 0.0126. The molecule has 1 saturated heterocycles. The molecule has 106 valence electrons. The monoisotopic (exact) mass is 274 g/mol. The zero-order valence-corrected chi connectivity index (χ0v) is 11.3. The van der Waals surface area contributed by atoms with Crippen LogP contribution in [0, 0.1) is 11.8 Å². The first-order valence-corrected chi connectivity index (χ1v) is 6.52. The van der Waals surface area contributed by atoms with Crippen LogP contribution in [-0.2, 0) is 9.59 Å². The summed E-state index contributed by atoms with van der Waals surface area (Å²) >= 11 is 0. The third kappa shape index (κ3) is 3.17. The van der Waals surface area contributed by atoms with E-state index in [1.807, 2.05) is 19.1 Å². The number of carbonyl (C=O) groups excluding carboxylic acids is 1. The van der Waals surface area contributed by atoms with E-state index in [0.717, 1.165) is 5.56 Å². The van der Waals surface area contributed by atoms with Crippen molar-refractivity contribution in [3.8, 4) is 0 Å². The van der Waals surface area contributed by atoms with Crippen LogP contribution < -0.4 is 5.73 Å².